The fraction of sp³-hybridized carbons (Fsp3) is 0.300. The van der Waals surface area contributed by atoms with Crippen molar-refractivity contribution in [2.45, 2.75) is 19.8 Å². The first-order valence-corrected chi connectivity index (χ1v) is 9.09. The molecule has 1 heterocycles. The van der Waals surface area contributed by atoms with Gasteiger partial charge < -0.3 is 20.3 Å². The standard InChI is InChI=1S/C20H23N3O2S/c1-14-5-10-18(25-2)17(13-14)22-20(26)21-16-8-6-15(7-9-16)19(24)23-11-3-4-12-23/h5-10,13H,3-4,11-12H2,1-2H3,(H2,21,22,26). The monoisotopic (exact) mass is 369 g/mol. The Kier molecular flexibility index (Phi) is 5.73. The van der Waals surface area contributed by atoms with Gasteiger partial charge in [0.15, 0.2) is 5.11 Å². The average molecular weight is 369 g/mol. The van der Waals surface area contributed by atoms with Gasteiger partial charge in [-0.25, -0.2) is 0 Å². The molecule has 1 aliphatic heterocycles. The van der Waals surface area contributed by atoms with Crippen LogP contribution in [0.3, 0.4) is 0 Å². The van der Waals surface area contributed by atoms with Crippen molar-refractivity contribution in [2.75, 3.05) is 30.8 Å². The lowest BCUT2D eigenvalue weighted by molar-refractivity contribution is 0.0793. The van der Waals surface area contributed by atoms with E-state index in [0.29, 0.717) is 10.7 Å². The number of benzene rings is 2. The number of carbonyl (C=O) groups is 1. The smallest absolute Gasteiger partial charge is 0.253 e. The Morgan fingerprint density at radius 1 is 1.08 bits per heavy atom. The third-order valence-electron chi connectivity index (χ3n) is 4.39. The number of methoxy groups -OCH3 is 1. The molecule has 6 heteroatoms. The Hall–Kier alpha value is -2.60. The van der Waals surface area contributed by atoms with E-state index in [9.17, 15) is 4.79 Å². The molecule has 1 aliphatic rings. The van der Waals surface area contributed by atoms with Crippen molar-refractivity contribution in [2.24, 2.45) is 0 Å². The van der Waals surface area contributed by atoms with Crippen LogP contribution in [-0.2, 0) is 0 Å². The second-order valence-electron chi connectivity index (χ2n) is 6.36. The molecule has 3 rings (SSSR count). The zero-order valence-electron chi connectivity index (χ0n) is 15.0. The fourth-order valence-electron chi connectivity index (χ4n) is 3.00. The fourth-order valence-corrected chi connectivity index (χ4v) is 3.23. The minimum absolute atomic E-state index is 0.0965. The predicted octanol–water partition coefficient (Wildman–Crippen LogP) is 4.05. The van der Waals surface area contributed by atoms with Crippen LogP contribution in [-0.4, -0.2) is 36.1 Å². The molecule has 0 bridgehead atoms. The molecular weight excluding hydrogens is 346 g/mol. The lowest BCUT2D eigenvalue weighted by Gasteiger charge is -2.16. The van der Waals surface area contributed by atoms with Crippen molar-refractivity contribution in [1.29, 1.82) is 0 Å². The molecule has 2 N–H and O–H groups in total. The molecule has 0 aliphatic carbocycles. The number of thiocarbonyl (C=S) groups is 1. The summed E-state index contributed by atoms with van der Waals surface area (Å²) in [6.45, 7) is 3.72. The van der Waals surface area contributed by atoms with E-state index in [4.69, 9.17) is 17.0 Å². The summed E-state index contributed by atoms with van der Waals surface area (Å²) >= 11 is 5.39. The van der Waals surface area contributed by atoms with E-state index in [1.165, 1.54) is 0 Å². The molecule has 0 saturated carbocycles. The maximum atomic E-state index is 12.4. The molecule has 136 valence electrons. The minimum atomic E-state index is 0.0965. The number of aryl methyl sites for hydroxylation is 1. The van der Waals surface area contributed by atoms with Gasteiger partial charge in [0.1, 0.15) is 5.75 Å². The van der Waals surface area contributed by atoms with Crippen molar-refractivity contribution in [3.8, 4) is 5.75 Å². The van der Waals surface area contributed by atoms with Crippen LogP contribution < -0.4 is 15.4 Å². The summed E-state index contributed by atoms with van der Waals surface area (Å²) in [4.78, 5) is 14.3. The van der Waals surface area contributed by atoms with Gasteiger partial charge in [0.2, 0.25) is 0 Å². The molecule has 2 aromatic rings. The highest BCUT2D eigenvalue weighted by Gasteiger charge is 2.19. The lowest BCUT2D eigenvalue weighted by atomic mass is 10.2. The lowest BCUT2D eigenvalue weighted by Crippen LogP contribution is -2.27. The SMILES string of the molecule is COc1ccc(C)cc1NC(=S)Nc1ccc(C(=O)N2CCCC2)cc1. The molecule has 0 spiro atoms. The maximum absolute atomic E-state index is 12.4. The molecule has 0 unspecified atom stereocenters. The van der Waals surface area contributed by atoms with Crippen molar-refractivity contribution < 1.29 is 9.53 Å². The van der Waals surface area contributed by atoms with Crippen molar-refractivity contribution in [3.05, 3.63) is 53.6 Å². The van der Waals surface area contributed by atoms with Crippen molar-refractivity contribution in [3.63, 3.8) is 0 Å². The van der Waals surface area contributed by atoms with Crippen LogP contribution in [0, 0.1) is 6.92 Å². The zero-order valence-corrected chi connectivity index (χ0v) is 15.9. The summed E-state index contributed by atoms with van der Waals surface area (Å²) in [6.07, 6.45) is 2.18. The second kappa shape index (κ2) is 8.19. The van der Waals surface area contributed by atoms with Gasteiger partial charge in [0.25, 0.3) is 5.91 Å². The largest absolute Gasteiger partial charge is 0.495 e. The predicted molar refractivity (Wildman–Crippen MR) is 109 cm³/mol. The highest BCUT2D eigenvalue weighted by atomic mass is 32.1. The highest BCUT2D eigenvalue weighted by Crippen LogP contribution is 2.25. The Balaban J connectivity index is 1.63. The van der Waals surface area contributed by atoms with Gasteiger partial charge in [0.05, 0.1) is 12.8 Å². The van der Waals surface area contributed by atoms with Crippen LogP contribution in [0.5, 0.6) is 5.75 Å². The summed E-state index contributed by atoms with van der Waals surface area (Å²) in [5, 5.41) is 6.76. The number of nitrogens with zero attached hydrogens (tertiary/aromatic N) is 1. The molecule has 1 amide bonds. The first-order valence-electron chi connectivity index (χ1n) is 8.69. The highest BCUT2D eigenvalue weighted by molar-refractivity contribution is 7.80. The van der Waals surface area contributed by atoms with Crippen LogP contribution in [0.1, 0.15) is 28.8 Å². The van der Waals surface area contributed by atoms with E-state index < -0.39 is 0 Å². The van der Waals surface area contributed by atoms with Gasteiger partial charge in [-0.1, -0.05) is 6.07 Å². The van der Waals surface area contributed by atoms with Crippen molar-refractivity contribution in [1.82, 2.24) is 4.90 Å². The van der Waals surface area contributed by atoms with Gasteiger partial charge in [-0.15, -0.1) is 0 Å². The van der Waals surface area contributed by atoms with Gasteiger partial charge in [0, 0.05) is 24.3 Å². The first-order chi connectivity index (χ1) is 12.6. The van der Waals surface area contributed by atoms with Crippen molar-refractivity contribution >= 4 is 34.6 Å². The Morgan fingerprint density at radius 3 is 2.42 bits per heavy atom. The van der Waals surface area contributed by atoms with Gasteiger partial charge in [-0.2, -0.15) is 0 Å². The molecule has 2 aromatic carbocycles. The number of likely N-dealkylation sites (tertiary alicyclic amines) is 1. The van der Waals surface area contributed by atoms with E-state index in [-0.39, 0.29) is 5.91 Å². The molecular formula is C20H23N3O2S. The maximum Gasteiger partial charge on any atom is 0.253 e. The summed E-state index contributed by atoms with van der Waals surface area (Å²) in [6, 6.07) is 13.3. The summed E-state index contributed by atoms with van der Waals surface area (Å²) in [7, 11) is 1.63. The normalized spacial score (nSPS) is 13.4. The number of carbonyl (C=O) groups excluding carboxylic acids is 1. The molecule has 0 atom stereocenters. The number of ether oxygens (including phenoxy) is 1. The molecule has 0 aromatic heterocycles. The van der Waals surface area contributed by atoms with E-state index in [0.717, 1.165) is 48.6 Å². The number of hydrogen-bond acceptors (Lipinski definition) is 3. The van der Waals surface area contributed by atoms with Crippen LogP contribution in [0.4, 0.5) is 11.4 Å². The van der Waals surface area contributed by atoms with Crippen LogP contribution in [0.15, 0.2) is 42.5 Å². The number of amides is 1. The molecule has 5 nitrogen and oxygen atoms in total. The molecule has 1 fully saturated rings. The number of rotatable bonds is 4. The Bertz CT molecular complexity index is 799. The summed E-state index contributed by atoms with van der Waals surface area (Å²) in [5.41, 5.74) is 3.45. The van der Waals surface area contributed by atoms with Gasteiger partial charge in [-0.05, 0) is 73.9 Å². The quantitative estimate of drug-likeness (QED) is 0.797. The van der Waals surface area contributed by atoms with Gasteiger partial charge in [-0.3, -0.25) is 4.79 Å². The first kappa shape index (κ1) is 18.2. The van der Waals surface area contributed by atoms with E-state index >= 15 is 0 Å². The number of hydrogen-bond donors (Lipinski definition) is 2. The molecule has 1 saturated heterocycles. The molecule has 26 heavy (non-hydrogen) atoms. The van der Waals surface area contributed by atoms with E-state index in [1.807, 2.05) is 54.3 Å². The summed E-state index contributed by atoms with van der Waals surface area (Å²) in [5.74, 6) is 0.825. The Labute approximate surface area is 159 Å². The van der Waals surface area contributed by atoms with Gasteiger partial charge >= 0.3 is 0 Å². The summed E-state index contributed by atoms with van der Waals surface area (Å²) < 4.78 is 5.35. The van der Waals surface area contributed by atoms with Crippen LogP contribution in [0.25, 0.3) is 0 Å². The third kappa shape index (κ3) is 4.32. The topological polar surface area (TPSA) is 53.6 Å². The molecule has 0 radical (unpaired) electrons. The van der Waals surface area contributed by atoms with E-state index in [1.54, 1.807) is 7.11 Å². The third-order valence-corrected chi connectivity index (χ3v) is 4.59. The minimum Gasteiger partial charge on any atom is -0.495 e. The number of nitrogens with one attached hydrogen (secondary N) is 2. The number of anilines is 2. The average Bonchev–Trinajstić information content (AvgIpc) is 3.16. The van der Waals surface area contributed by atoms with Crippen LogP contribution >= 0.6 is 12.2 Å². The Morgan fingerprint density at radius 2 is 1.77 bits per heavy atom. The zero-order chi connectivity index (χ0) is 18.5. The van der Waals surface area contributed by atoms with Crippen LogP contribution in [0.2, 0.25) is 0 Å². The second-order valence-corrected chi connectivity index (χ2v) is 6.77. The van der Waals surface area contributed by atoms with E-state index in [2.05, 4.69) is 10.6 Å².